The molecule has 1 fully saturated rings. The highest BCUT2D eigenvalue weighted by molar-refractivity contribution is 5.13. The predicted molar refractivity (Wildman–Crippen MR) is 62.5 cm³/mol. The van der Waals surface area contributed by atoms with Crippen LogP contribution >= 0.6 is 0 Å². The van der Waals surface area contributed by atoms with E-state index in [4.69, 9.17) is 4.42 Å². The maximum atomic E-state index is 5.86. The van der Waals surface area contributed by atoms with E-state index in [0.29, 0.717) is 6.04 Å². The first-order valence-electron chi connectivity index (χ1n) is 6.62. The quantitative estimate of drug-likeness (QED) is 0.830. The Kier molecular flexibility index (Phi) is 2.96. The number of aryl methyl sites for hydroxylation is 2. The zero-order chi connectivity index (χ0) is 10.8. The van der Waals surface area contributed by atoms with Crippen LogP contribution in [-0.2, 0) is 19.3 Å². The number of piperidine rings is 1. The van der Waals surface area contributed by atoms with Crippen molar-refractivity contribution in [2.75, 3.05) is 6.54 Å². The summed E-state index contributed by atoms with van der Waals surface area (Å²) < 4.78 is 5.86. The fourth-order valence-electron chi connectivity index (χ4n) is 2.80. The molecule has 0 aromatic carbocycles. The molecule has 0 radical (unpaired) electrons. The third kappa shape index (κ3) is 2.14. The van der Waals surface area contributed by atoms with E-state index < -0.39 is 0 Å². The number of oxazole rings is 1. The van der Waals surface area contributed by atoms with E-state index >= 15 is 0 Å². The van der Waals surface area contributed by atoms with Crippen LogP contribution < -0.4 is 5.32 Å². The van der Waals surface area contributed by atoms with Crippen molar-refractivity contribution in [3.05, 3.63) is 17.3 Å². The first kappa shape index (κ1) is 10.3. The van der Waals surface area contributed by atoms with Gasteiger partial charge in [-0.25, -0.2) is 4.98 Å². The van der Waals surface area contributed by atoms with Crippen LogP contribution in [0.25, 0.3) is 0 Å². The molecular formula is C13H20N2O. The monoisotopic (exact) mass is 220 g/mol. The van der Waals surface area contributed by atoms with Crippen LogP contribution in [0.15, 0.2) is 4.42 Å². The second-order valence-electron chi connectivity index (χ2n) is 5.04. The first-order valence-corrected chi connectivity index (χ1v) is 6.62. The lowest BCUT2D eigenvalue weighted by Gasteiger charge is -2.21. The first-order chi connectivity index (χ1) is 7.92. The molecule has 2 aliphatic rings. The van der Waals surface area contributed by atoms with Gasteiger partial charge in [0.15, 0.2) is 5.89 Å². The SMILES string of the molecule is C1CCC(Cc2nc3c(o2)CCCC3)NC1. The number of hydrogen-bond donors (Lipinski definition) is 1. The van der Waals surface area contributed by atoms with Crippen molar-refractivity contribution in [2.45, 2.75) is 57.4 Å². The van der Waals surface area contributed by atoms with E-state index in [-0.39, 0.29) is 0 Å². The number of aromatic nitrogens is 1. The Labute approximate surface area is 96.6 Å². The Hall–Kier alpha value is -0.830. The zero-order valence-electron chi connectivity index (χ0n) is 9.80. The topological polar surface area (TPSA) is 38.1 Å². The molecule has 1 aliphatic heterocycles. The molecule has 88 valence electrons. The smallest absolute Gasteiger partial charge is 0.196 e. The largest absolute Gasteiger partial charge is 0.445 e. The predicted octanol–water partition coefficient (Wildman–Crippen LogP) is 2.24. The highest BCUT2D eigenvalue weighted by atomic mass is 16.4. The fourth-order valence-corrected chi connectivity index (χ4v) is 2.80. The van der Waals surface area contributed by atoms with Crippen LogP contribution in [0.4, 0.5) is 0 Å². The van der Waals surface area contributed by atoms with E-state index in [1.165, 1.54) is 37.8 Å². The highest BCUT2D eigenvalue weighted by Crippen LogP contribution is 2.23. The van der Waals surface area contributed by atoms with Gasteiger partial charge in [0.05, 0.1) is 5.69 Å². The molecule has 1 N–H and O–H groups in total. The Balaban J connectivity index is 1.67. The van der Waals surface area contributed by atoms with E-state index in [1.807, 2.05) is 0 Å². The van der Waals surface area contributed by atoms with E-state index in [0.717, 1.165) is 37.5 Å². The normalized spacial score (nSPS) is 25.4. The summed E-state index contributed by atoms with van der Waals surface area (Å²) in [6, 6.07) is 0.592. The Morgan fingerprint density at radius 1 is 1.19 bits per heavy atom. The molecule has 0 amide bonds. The van der Waals surface area contributed by atoms with Crippen molar-refractivity contribution >= 4 is 0 Å². The lowest BCUT2D eigenvalue weighted by molar-refractivity contribution is 0.358. The molecular weight excluding hydrogens is 200 g/mol. The molecule has 3 heteroatoms. The number of nitrogens with zero attached hydrogens (tertiary/aromatic N) is 1. The van der Waals surface area contributed by atoms with Gasteiger partial charge in [-0.2, -0.15) is 0 Å². The summed E-state index contributed by atoms with van der Waals surface area (Å²) in [5.74, 6) is 2.13. The molecule has 3 rings (SSSR count). The van der Waals surface area contributed by atoms with E-state index in [2.05, 4.69) is 10.3 Å². The molecule has 0 saturated carbocycles. The van der Waals surface area contributed by atoms with Gasteiger partial charge in [-0.05, 0) is 38.6 Å². The average molecular weight is 220 g/mol. The number of nitrogens with one attached hydrogen (secondary N) is 1. The molecule has 1 aromatic rings. The van der Waals surface area contributed by atoms with Crippen LogP contribution in [0, 0.1) is 0 Å². The van der Waals surface area contributed by atoms with Gasteiger partial charge in [0.25, 0.3) is 0 Å². The number of hydrogen-bond acceptors (Lipinski definition) is 3. The molecule has 2 heterocycles. The van der Waals surface area contributed by atoms with Gasteiger partial charge in [0.2, 0.25) is 0 Å². The Morgan fingerprint density at radius 2 is 2.12 bits per heavy atom. The number of fused-ring (bicyclic) bond motifs is 1. The van der Waals surface area contributed by atoms with Crippen LogP contribution in [-0.4, -0.2) is 17.6 Å². The van der Waals surface area contributed by atoms with Crippen LogP contribution in [0.2, 0.25) is 0 Å². The summed E-state index contributed by atoms with van der Waals surface area (Å²) in [7, 11) is 0. The van der Waals surface area contributed by atoms with Crippen molar-refractivity contribution in [1.82, 2.24) is 10.3 Å². The molecule has 1 unspecified atom stereocenters. The van der Waals surface area contributed by atoms with Crippen LogP contribution in [0.3, 0.4) is 0 Å². The third-order valence-corrected chi connectivity index (χ3v) is 3.72. The van der Waals surface area contributed by atoms with Crippen molar-refractivity contribution < 1.29 is 4.42 Å². The Morgan fingerprint density at radius 3 is 2.94 bits per heavy atom. The minimum atomic E-state index is 0.592. The molecule has 0 bridgehead atoms. The second-order valence-corrected chi connectivity index (χ2v) is 5.04. The van der Waals surface area contributed by atoms with Gasteiger partial charge < -0.3 is 9.73 Å². The molecule has 1 atom stereocenters. The molecule has 1 aliphatic carbocycles. The lowest BCUT2D eigenvalue weighted by atomic mass is 10.0. The van der Waals surface area contributed by atoms with Gasteiger partial charge >= 0.3 is 0 Å². The molecule has 16 heavy (non-hydrogen) atoms. The summed E-state index contributed by atoms with van der Waals surface area (Å²) in [6.45, 7) is 1.16. The minimum Gasteiger partial charge on any atom is -0.445 e. The lowest BCUT2D eigenvalue weighted by Crippen LogP contribution is -2.35. The van der Waals surface area contributed by atoms with Gasteiger partial charge in [-0.1, -0.05) is 6.42 Å². The summed E-state index contributed by atoms with van der Waals surface area (Å²) in [5.41, 5.74) is 1.23. The summed E-state index contributed by atoms with van der Waals surface area (Å²) >= 11 is 0. The van der Waals surface area contributed by atoms with E-state index in [9.17, 15) is 0 Å². The minimum absolute atomic E-state index is 0.592. The standard InChI is InChI=1S/C13H20N2O/c1-2-7-12-11(6-1)15-13(16-12)9-10-5-3-4-8-14-10/h10,14H,1-9H2. The highest BCUT2D eigenvalue weighted by Gasteiger charge is 2.20. The summed E-state index contributed by atoms with van der Waals surface area (Å²) in [4.78, 5) is 4.64. The van der Waals surface area contributed by atoms with Crippen LogP contribution in [0.5, 0.6) is 0 Å². The second kappa shape index (κ2) is 4.58. The molecule has 1 saturated heterocycles. The van der Waals surface area contributed by atoms with Crippen molar-refractivity contribution in [3.63, 3.8) is 0 Å². The van der Waals surface area contributed by atoms with Gasteiger partial charge in [0.1, 0.15) is 5.76 Å². The summed E-state index contributed by atoms with van der Waals surface area (Å²) in [5, 5.41) is 3.55. The molecule has 3 nitrogen and oxygen atoms in total. The maximum absolute atomic E-state index is 5.86. The van der Waals surface area contributed by atoms with Crippen molar-refractivity contribution in [2.24, 2.45) is 0 Å². The zero-order valence-corrected chi connectivity index (χ0v) is 9.80. The van der Waals surface area contributed by atoms with Crippen molar-refractivity contribution in [3.8, 4) is 0 Å². The summed E-state index contributed by atoms with van der Waals surface area (Å²) in [6.07, 6.45) is 9.68. The molecule has 0 spiro atoms. The maximum Gasteiger partial charge on any atom is 0.196 e. The van der Waals surface area contributed by atoms with Crippen molar-refractivity contribution in [1.29, 1.82) is 0 Å². The average Bonchev–Trinajstić information content (AvgIpc) is 2.72. The van der Waals surface area contributed by atoms with Gasteiger partial charge in [0, 0.05) is 18.9 Å². The third-order valence-electron chi connectivity index (χ3n) is 3.72. The van der Waals surface area contributed by atoms with E-state index in [1.54, 1.807) is 0 Å². The van der Waals surface area contributed by atoms with Gasteiger partial charge in [-0.15, -0.1) is 0 Å². The number of rotatable bonds is 2. The van der Waals surface area contributed by atoms with Gasteiger partial charge in [-0.3, -0.25) is 0 Å². The fraction of sp³-hybridized carbons (Fsp3) is 0.769. The Bertz CT molecular complexity index is 329. The van der Waals surface area contributed by atoms with Crippen LogP contribution in [0.1, 0.15) is 49.4 Å². The molecule has 1 aromatic heterocycles.